The molecule has 0 aromatic heterocycles. The molecule has 0 saturated carbocycles. The Morgan fingerprint density at radius 3 is 1.35 bits per heavy atom. The number of hydrogen-bond donors (Lipinski definition) is 1. The quantitative estimate of drug-likeness (QED) is 0.0212. The molecule has 9 nitrogen and oxygen atoms in total. The lowest BCUT2D eigenvalue weighted by Crippen LogP contribution is -2.37. The molecule has 10 heteroatoms. The maximum absolute atomic E-state index is 12.7. The average Bonchev–Trinajstić information content (AvgIpc) is 3.23. The van der Waals surface area contributed by atoms with Gasteiger partial charge >= 0.3 is 19.8 Å². The van der Waals surface area contributed by atoms with Crippen molar-refractivity contribution in [3.05, 3.63) is 60.8 Å². The van der Waals surface area contributed by atoms with Crippen molar-refractivity contribution in [2.75, 3.05) is 47.5 Å². The van der Waals surface area contributed by atoms with Crippen molar-refractivity contribution in [1.29, 1.82) is 0 Å². The molecule has 360 valence electrons. The molecule has 0 heterocycles. The monoisotopic (exact) mass is 893 g/mol. The highest BCUT2D eigenvalue weighted by molar-refractivity contribution is 7.47. The third-order valence-corrected chi connectivity index (χ3v) is 11.5. The van der Waals surface area contributed by atoms with Gasteiger partial charge in [0, 0.05) is 12.8 Å². The molecular weight excluding hydrogens is 798 g/mol. The Morgan fingerprint density at radius 1 is 0.516 bits per heavy atom. The highest BCUT2D eigenvalue weighted by Crippen LogP contribution is 2.43. The molecule has 0 aromatic carbocycles. The van der Waals surface area contributed by atoms with Crippen molar-refractivity contribution in [3.63, 3.8) is 0 Å². The molecule has 0 rings (SSSR count). The van der Waals surface area contributed by atoms with E-state index in [-0.39, 0.29) is 26.1 Å². The van der Waals surface area contributed by atoms with Crippen LogP contribution in [0, 0.1) is 0 Å². The fraction of sp³-hybridized carbons (Fsp3) is 0.769. The standard InChI is InChI=1S/C52H94NO8P/c1-6-8-10-12-14-16-18-20-22-24-25-26-27-29-31-33-35-37-39-41-43-45-52(55)61-50(49-60-62(56,57)59-47-46-53(3,4)5)48-58-51(54)44-42-40-38-36-34-32-30-28-23-21-19-17-15-13-11-9-7-2/h9,11,15,17,21,23,30,32,36,38,50H,6-8,10,12-14,16,18-20,22,24-29,31,33-35,37,39-49H2,1-5H3/p+1/b11-9+,17-15+,23-21+,32-30+,38-36+/t50-/m1/s1. The molecule has 1 unspecified atom stereocenters. The van der Waals surface area contributed by atoms with Crippen molar-refractivity contribution in [1.82, 2.24) is 0 Å². The smallest absolute Gasteiger partial charge is 0.462 e. The van der Waals surface area contributed by atoms with E-state index in [0.29, 0.717) is 23.9 Å². The Balaban J connectivity index is 4.32. The second kappa shape index (κ2) is 43.9. The van der Waals surface area contributed by atoms with Gasteiger partial charge in [0.25, 0.3) is 0 Å². The molecule has 0 aromatic rings. The summed E-state index contributed by atoms with van der Waals surface area (Å²) < 4.78 is 34.4. The normalized spacial score (nSPS) is 14.0. The van der Waals surface area contributed by atoms with Crippen molar-refractivity contribution in [2.45, 2.75) is 213 Å². The van der Waals surface area contributed by atoms with Gasteiger partial charge < -0.3 is 18.9 Å². The summed E-state index contributed by atoms with van der Waals surface area (Å²) in [7, 11) is 1.45. The number of quaternary nitrogens is 1. The molecule has 0 fully saturated rings. The van der Waals surface area contributed by atoms with E-state index in [1.54, 1.807) is 0 Å². The minimum Gasteiger partial charge on any atom is -0.462 e. The molecule has 0 bridgehead atoms. The molecular formula is C52H95NO8P+. The van der Waals surface area contributed by atoms with E-state index in [2.05, 4.69) is 74.6 Å². The predicted molar refractivity (Wildman–Crippen MR) is 261 cm³/mol. The zero-order valence-corrected chi connectivity index (χ0v) is 41.5. The molecule has 0 aliphatic heterocycles. The first-order valence-corrected chi connectivity index (χ1v) is 26.5. The van der Waals surface area contributed by atoms with Crippen molar-refractivity contribution in [2.24, 2.45) is 0 Å². The highest BCUT2D eigenvalue weighted by Gasteiger charge is 2.27. The van der Waals surface area contributed by atoms with Crippen LogP contribution in [0.1, 0.15) is 206 Å². The van der Waals surface area contributed by atoms with Gasteiger partial charge in [-0.05, 0) is 51.4 Å². The number of esters is 2. The number of likely N-dealkylation sites (N-methyl/N-ethyl adjacent to an activating group) is 1. The molecule has 0 radical (unpaired) electrons. The SMILES string of the molecule is CC/C=C/C/C=C/C/C=C/C/C=C/C/C=C/CCCC(=O)OC[C@H](COP(=O)(O)OCC[N+](C)(C)C)OC(=O)CCCCCCCCCCCCCCCCCCCCCCC. The van der Waals surface area contributed by atoms with Gasteiger partial charge in [0.05, 0.1) is 27.7 Å². The number of ether oxygens (including phenoxy) is 2. The lowest BCUT2D eigenvalue weighted by Gasteiger charge is -2.24. The number of phosphoric acid groups is 1. The van der Waals surface area contributed by atoms with Crippen LogP contribution in [-0.4, -0.2) is 74.9 Å². The van der Waals surface area contributed by atoms with Crippen molar-refractivity contribution in [3.8, 4) is 0 Å². The van der Waals surface area contributed by atoms with Gasteiger partial charge in [-0.15, -0.1) is 0 Å². The number of allylic oxidation sites excluding steroid dienone is 10. The molecule has 0 aliphatic carbocycles. The zero-order chi connectivity index (χ0) is 45.7. The van der Waals surface area contributed by atoms with Gasteiger partial charge in [-0.3, -0.25) is 18.6 Å². The summed E-state index contributed by atoms with van der Waals surface area (Å²) in [5.74, 6) is -0.862. The van der Waals surface area contributed by atoms with E-state index < -0.39 is 32.5 Å². The van der Waals surface area contributed by atoms with E-state index >= 15 is 0 Å². The minimum absolute atomic E-state index is 0.0219. The fourth-order valence-electron chi connectivity index (χ4n) is 6.70. The van der Waals surface area contributed by atoms with Gasteiger partial charge in [0.1, 0.15) is 19.8 Å². The first-order valence-electron chi connectivity index (χ1n) is 25.0. The predicted octanol–water partition coefficient (Wildman–Crippen LogP) is 14.8. The van der Waals surface area contributed by atoms with E-state index in [1.807, 2.05) is 21.1 Å². The second-order valence-corrected chi connectivity index (χ2v) is 19.3. The first-order chi connectivity index (χ1) is 30.0. The molecule has 62 heavy (non-hydrogen) atoms. The zero-order valence-electron chi connectivity index (χ0n) is 40.6. The third kappa shape index (κ3) is 47.2. The van der Waals surface area contributed by atoms with Crippen LogP contribution in [0.4, 0.5) is 0 Å². The Bertz CT molecular complexity index is 1240. The number of rotatable bonds is 45. The molecule has 0 amide bonds. The number of phosphoric ester groups is 1. The Labute approximate surface area is 381 Å². The third-order valence-electron chi connectivity index (χ3n) is 10.6. The maximum atomic E-state index is 12.7. The highest BCUT2D eigenvalue weighted by atomic mass is 31.2. The van der Waals surface area contributed by atoms with Crippen LogP contribution in [0.2, 0.25) is 0 Å². The molecule has 1 N–H and O–H groups in total. The molecule has 0 spiro atoms. The van der Waals surface area contributed by atoms with E-state index in [9.17, 15) is 19.0 Å². The van der Waals surface area contributed by atoms with E-state index in [0.717, 1.165) is 51.4 Å². The summed E-state index contributed by atoms with van der Waals surface area (Å²) in [6.07, 6.45) is 54.3. The Morgan fingerprint density at radius 2 is 0.919 bits per heavy atom. The number of unbranched alkanes of at least 4 members (excludes halogenated alkanes) is 21. The number of carbonyl (C=O) groups excluding carboxylic acids is 2. The van der Waals surface area contributed by atoms with Gasteiger partial charge in [-0.2, -0.15) is 0 Å². The number of carbonyl (C=O) groups is 2. The van der Waals surface area contributed by atoms with Crippen LogP contribution >= 0.6 is 7.82 Å². The molecule has 0 aliphatic rings. The summed E-state index contributed by atoms with van der Waals surface area (Å²) in [4.78, 5) is 35.5. The lowest BCUT2D eigenvalue weighted by atomic mass is 10.0. The second-order valence-electron chi connectivity index (χ2n) is 17.8. The summed E-state index contributed by atoms with van der Waals surface area (Å²) >= 11 is 0. The average molecular weight is 893 g/mol. The van der Waals surface area contributed by atoms with Crippen LogP contribution in [0.3, 0.4) is 0 Å². The van der Waals surface area contributed by atoms with Crippen LogP contribution in [0.15, 0.2) is 60.8 Å². The van der Waals surface area contributed by atoms with E-state index in [1.165, 1.54) is 116 Å². The molecule has 2 atom stereocenters. The summed E-state index contributed by atoms with van der Waals surface area (Å²) in [6.45, 7) is 4.26. The number of hydrogen-bond acceptors (Lipinski definition) is 7. The van der Waals surface area contributed by atoms with Crippen LogP contribution in [0.25, 0.3) is 0 Å². The lowest BCUT2D eigenvalue weighted by molar-refractivity contribution is -0.870. The van der Waals surface area contributed by atoms with Crippen molar-refractivity contribution < 1.29 is 42.1 Å². The largest absolute Gasteiger partial charge is 0.472 e. The van der Waals surface area contributed by atoms with Crippen LogP contribution in [0.5, 0.6) is 0 Å². The van der Waals surface area contributed by atoms with Crippen molar-refractivity contribution >= 4 is 19.8 Å². The van der Waals surface area contributed by atoms with Crippen LogP contribution in [-0.2, 0) is 32.7 Å². The van der Waals surface area contributed by atoms with Gasteiger partial charge in [0.2, 0.25) is 0 Å². The Kier molecular flexibility index (Phi) is 42.3. The summed E-state index contributed by atoms with van der Waals surface area (Å²) in [6, 6.07) is 0. The fourth-order valence-corrected chi connectivity index (χ4v) is 7.44. The maximum Gasteiger partial charge on any atom is 0.472 e. The van der Waals surface area contributed by atoms with E-state index in [4.69, 9.17) is 18.5 Å². The first kappa shape index (κ1) is 59.7. The van der Waals surface area contributed by atoms with Gasteiger partial charge in [-0.25, -0.2) is 4.57 Å². The van der Waals surface area contributed by atoms with Gasteiger partial charge in [-0.1, -0.05) is 203 Å². The molecule has 0 saturated heterocycles. The number of nitrogens with zero attached hydrogens (tertiary/aromatic N) is 1. The summed E-state index contributed by atoms with van der Waals surface area (Å²) in [5, 5.41) is 0. The topological polar surface area (TPSA) is 108 Å². The minimum atomic E-state index is -4.39. The summed E-state index contributed by atoms with van der Waals surface area (Å²) in [5.41, 5.74) is 0. The van der Waals surface area contributed by atoms with Gasteiger partial charge in [0.15, 0.2) is 6.10 Å². The Hall–Kier alpha value is -2.29. The van der Waals surface area contributed by atoms with Crippen LogP contribution < -0.4 is 0 Å².